The van der Waals surface area contributed by atoms with Crippen LogP contribution in [0.4, 0.5) is 0 Å². The lowest BCUT2D eigenvalue weighted by Crippen LogP contribution is -2.28. The summed E-state index contributed by atoms with van der Waals surface area (Å²) in [6.45, 7) is 3.19. The lowest BCUT2D eigenvalue weighted by Gasteiger charge is -2.22. The zero-order valence-corrected chi connectivity index (χ0v) is 9.48. The number of hydrogen-bond donors (Lipinski definition) is 1. The number of aromatic nitrogens is 3. The molecule has 1 N–H and O–H groups in total. The molecule has 0 bridgehead atoms. The minimum Gasteiger partial charge on any atom is -0.307 e. The predicted octanol–water partition coefficient (Wildman–Crippen LogP) is 1.85. The first-order valence-electron chi connectivity index (χ1n) is 5.90. The monoisotopic (exact) mass is 216 g/mol. The second-order valence-electron chi connectivity index (χ2n) is 4.42. The van der Waals surface area contributed by atoms with Gasteiger partial charge in [-0.05, 0) is 38.4 Å². The molecule has 1 unspecified atom stereocenters. The van der Waals surface area contributed by atoms with Crippen LogP contribution in [0, 0.1) is 6.92 Å². The van der Waals surface area contributed by atoms with Crippen molar-refractivity contribution in [1.29, 1.82) is 0 Å². The minimum absolute atomic E-state index is 0.366. The minimum atomic E-state index is 0.366. The summed E-state index contributed by atoms with van der Waals surface area (Å²) in [5.74, 6) is 1.06. The molecule has 1 aliphatic heterocycles. The number of aryl methyl sites for hydroxylation is 1. The third-order valence-electron chi connectivity index (χ3n) is 3.27. The van der Waals surface area contributed by atoms with Crippen LogP contribution in [0.1, 0.15) is 36.8 Å². The first-order chi connectivity index (χ1) is 7.86. The van der Waals surface area contributed by atoms with Crippen molar-refractivity contribution in [3.63, 3.8) is 0 Å². The largest absolute Gasteiger partial charge is 0.307 e. The quantitative estimate of drug-likeness (QED) is 0.791. The van der Waals surface area contributed by atoms with Crippen LogP contribution < -0.4 is 5.32 Å². The molecule has 0 spiro atoms. The van der Waals surface area contributed by atoms with Crippen LogP contribution >= 0.6 is 0 Å². The van der Waals surface area contributed by atoms with Crippen LogP contribution in [0.15, 0.2) is 18.2 Å². The molecule has 3 rings (SSSR count). The fourth-order valence-corrected chi connectivity index (χ4v) is 2.42. The molecule has 0 radical (unpaired) electrons. The van der Waals surface area contributed by atoms with Gasteiger partial charge in [0.1, 0.15) is 0 Å². The summed E-state index contributed by atoms with van der Waals surface area (Å²) < 4.78 is 2.16. The smallest absolute Gasteiger partial charge is 0.161 e. The number of fused-ring (bicyclic) bond motifs is 1. The molecule has 1 aliphatic rings. The molecule has 3 heterocycles. The molecule has 0 saturated carbocycles. The molecule has 2 aromatic rings. The Morgan fingerprint density at radius 1 is 1.31 bits per heavy atom. The zero-order chi connectivity index (χ0) is 11.0. The van der Waals surface area contributed by atoms with Gasteiger partial charge in [0, 0.05) is 5.69 Å². The van der Waals surface area contributed by atoms with Gasteiger partial charge in [-0.3, -0.25) is 4.40 Å². The SMILES string of the molecule is Cc1cccc2nnc(C3CCCCN3)n12. The van der Waals surface area contributed by atoms with Gasteiger partial charge in [-0.2, -0.15) is 0 Å². The Morgan fingerprint density at radius 2 is 2.25 bits per heavy atom. The maximum Gasteiger partial charge on any atom is 0.161 e. The number of nitrogens with one attached hydrogen (secondary N) is 1. The summed E-state index contributed by atoms with van der Waals surface area (Å²) >= 11 is 0. The van der Waals surface area contributed by atoms with Gasteiger partial charge < -0.3 is 5.32 Å². The molecule has 1 saturated heterocycles. The average Bonchev–Trinajstić information content (AvgIpc) is 2.75. The van der Waals surface area contributed by atoms with Crippen LogP contribution in [-0.4, -0.2) is 21.1 Å². The van der Waals surface area contributed by atoms with E-state index in [9.17, 15) is 0 Å². The summed E-state index contributed by atoms with van der Waals surface area (Å²) in [4.78, 5) is 0. The maximum absolute atomic E-state index is 4.33. The molecule has 84 valence electrons. The van der Waals surface area contributed by atoms with Crippen molar-refractivity contribution in [1.82, 2.24) is 19.9 Å². The van der Waals surface area contributed by atoms with E-state index in [1.54, 1.807) is 0 Å². The fraction of sp³-hybridized carbons (Fsp3) is 0.500. The van der Waals surface area contributed by atoms with Crippen molar-refractivity contribution in [2.75, 3.05) is 6.54 Å². The molecule has 0 aliphatic carbocycles. The summed E-state index contributed by atoms with van der Waals surface area (Å²) in [6.07, 6.45) is 3.71. The molecule has 0 aromatic carbocycles. The topological polar surface area (TPSA) is 42.2 Å². The third kappa shape index (κ3) is 1.50. The molecular weight excluding hydrogens is 200 g/mol. The highest BCUT2D eigenvalue weighted by atomic mass is 15.3. The van der Waals surface area contributed by atoms with Gasteiger partial charge in [0.15, 0.2) is 11.5 Å². The summed E-state index contributed by atoms with van der Waals surface area (Å²) in [7, 11) is 0. The number of pyridine rings is 1. The van der Waals surface area contributed by atoms with Crippen LogP contribution in [0.5, 0.6) is 0 Å². The Hall–Kier alpha value is -1.42. The molecule has 4 heteroatoms. The van der Waals surface area contributed by atoms with Crippen molar-refractivity contribution in [2.24, 2.45) is 0 Å². The van der Waals surface area contributed by atoms with Gasteiger partial charge in [0.2, 0.25) is 0 Å². The lowest BCUT2D eigenvalue weighted by molar-refractivity contribution is 0.394. The van der Waals surface area contributed by atoms with Crippen molar-refractivity contribution >= 4 is 5.65 Å². The van der Waals surface area contributed by atoms with Crippen molar-refractivity contribution in [3.05, 3.63) is 29.7 Å². The van der Waals surface area contributed by atoms with Gasteiger partial charge in [-0.15, -0.1) is 10.2 Å². The molecule has 1 fully saturated rings. The highest BCUT2D eigenvalue weighted by Gasteiger charge is 2.20. The Balaban J connectivity index is 2.09. The Morgan fingerprint density at radius 3 is 3.06 bits per heavy atom. The van der Waals surface area contributed by atoms with E-state index < -0.39 is 0 Å². The molecule has 0 amide bonds. The van der Waals surface area contributed by atoms with E-state index in [0.29, 0.717) is 6.04 Å². The van der Waals surface area contributed by atoms with Crippen LogP contribution in [0.25, 0.3) is 5.65 Å². The second-order valence-corrected chi connectivity index (χ2v) is 4.42. The zero-order valence-electron chi connectivity index (χ0n) is 9.48. The van der Waals surface area contributed by atoms with Crippen LogP contribution in [0.2, 0.25) is 0 Å². The van der Waals surface area contributed by atoms with Gasteiger partial charge in [-0.1, -0.05) is 12.5 Å². The Bertz CT molecular complexity index is 497. The second kappa shape index (κ2) is 3.87. The maximum atomic E-state index is 4.33. The highest BCUT2D eigenvalue weighted by molar-refractivity contribution is 5.40. The van der Waals surface area contributed by atoms with Crippen LogP contribution in [0.3, 0.4) is 0 Å². The Labute approximate surface area is 94.7 Å². The summed E-state index contributed by atoms with van der Waals surface area (Å²) in [5, 5.41) is 12.1. The van der Waals surface area contributed by atoms with E-state index in [-0.39, 0.29) is 0 Å². The third-order valence-corrected chi connectivity index (χ3v) is 3.27. The van der Waals surface area contributed by atoms with E-state index in [0.717, 1.165) is 24.4 Å². The number of hydrogen-bond acceptors (Lipinski definition) is 3. The van der Waals surface area contributed by atoms with E-state index in [1.165, 1.54) is 18.5 Å². The van der Waals surface area contributed by atoms with Crippen molar-refractivity contribution in [3.8, 4) is 0 Å². The Kier molecular flexibility index (Phi) is 2.36. The lowest BCUT2D eigenvalue weighted by atomic mass is 10.0. The van der Waals surface area contributed by atoms with E-state index in [4.69, 9.17) is 0 Å². The molecule has 16 heavy (non-hydrogen) atoms. The average molecular weight is 216 g/mol. The predicted molar refractivity (Wildman–Crippen MR) is 62.3 cm³/mol. The van der Waals surface area contributed by atoms with E-state index >= 15 is 0 Å². The summed E-state index contributed by atoms with van der Waals surface area (Å²) in [5.41, 5.74) is 2.15. The first-order valence-corrected chi connectivity index (χ1v) is 5.90. The normalized spacial score (nSPS) is 21.4. The molecule has 4 nitrogen and oxygen atoms in total. The van der Waals surface area contributed by atoms with Crippen LogP contribution in [-0.2, 0) is 0 Å². The van der Waals surface area contributed by atoms with Gasteiger partial charge in [0.05, 0.1) is 6.04 Å². The molecular formula is C12H16N4. The van der Waals surface area contributed by atoms with Crippen molar-refractivity contribution < 1.29 is 0 Å². The molecule has 1 atom stereocenters. The number of nitrogens with zero attached hydrogens (tertiary/aromatic N) is 3. The number of rotatable bonds is 1. The van der Waals surface area contributed by atoms with E-state index in [2.05, 4.69) is 32.9 Å². The standard InChI is InChI=1S/C12H16N4/c1-9-5-4-7-11-14-15-12(16(9)11)10-6-2-3-8-13-10/h4-5,7,10,13H,2-3,6,8H2,1H3. The van der Waals surface area contributed by atoms with Crippen molar-refractivity contribution in [2.45, 2.75) is 32.2 Å². The van der Waals surface area contributed by atoms with Gasteiger partial charge in [0.25, 0.3) is 0 Å². The van der Waals surface area contributed by atoms with E-state index in [1.807, 2.05) is 12.1 Å². The fourth-order valence-electron chi connectivity index (χ4n) is 2.42. The van der Waals surface area contributed by atoms with Gasteiger partial charge >= 0.3 is 0 Å². The molecule has 2 aromatic heterocycles. The summed E-state index contributed by atoms with van der Waals surface area (Å²) in [6, 6.07) is 6.50. The highest BCUT2D eigenvalue weighted by Crippen LogP contribution is 2.22. The number of piperidine rings is 1. The first kappa shape index (κ1) is 9.78. The van der Waals surface area contributed by atoms with Gasteiger partial charge in [-0.25, -0.2) is 0 Å².